The zero-order chi connectivity index (χ0) is 24.8. The molecule has 1 amide bonds. The van der Waals surface area contributed by atoms with Crippen LogP contribution in [0.15, 0.2) is 59.1 Å². The van der Waals surface area contributed by atoms with Crippen molar-refractivity contribution in [2.45, 2.75) is 44.5 Å². The fourth-order valence-electron chi connectivity index (χ4n) is 3.73. The van der Waals surface area contributed by atoms with Crippen LogP contribution in [0.3, 0.4) is 0 Å². The van der Waals surface area contributed by atoms with Crippen molar-refractivity contribution in [3.8, 4) is 17.1 Å². The zero-order valence-electron chi connectivity index (χ0n) is 20.1. The fourth-order valence-corrected chi connectivity index (χ4v) is 5.68. The molecule has 0 spiro atoms. The quantitative estimate of drug-likeness (QED) is 0.210. The minimum Gasteiger partial charge on any atom is -0.337 e. The molecule has 9 heteroatoms. The van der Waals surface area contributed by atoms with E-state index >= 15 is 0 Å². The van der Waals surface area contributed by atoms with Gasteiger partial charge in [-0.05, 0) is 44.0 Å². The second kappa shape index (κ2) is 11.8. The Balaban J connectivity index is 1.59. The Morgan fingerprint density at radius 3 is 2.46 bits per heavy atom. The van der Waals surface area contributed by atoms with E-state index in [-0.39, 0.29) is 5.91 Å². The summed E-state index contributed by atoms with van der Waals surface area (Å²) in [5.74, 6) is 1.28. The Labute approximate surface area is 219 Å². The smallest absolute Gasteiger partial charge is 0.273 e. The first-order valence-corrected chi connectivity index (χ1v) is 13.9. The van der Waals surface area contributed by atoms with Gasteiger partial charge in [-0.2, -0.15) is 0 Å². The van der Waals surface area contributed by atoms with Crippen LogP contribution in [0.2, 0.25) is 5.02 Å². The minimum atomic E-state index is 0.00466. The van der Waals surface area contributed by atoms with Crippen molar-refractivity contribution in [3.63, 3.8) is 0 Å². The summed E-state index contributed by atoms with van der Waals surface area (Å²) in [5, 5.41) is 13.1. The molecule has 4 rings (SSSR count). The molecule has 2 aromatic heterocycles. The number of carbonyl (C=O) groups excluding carboxylic acids is 1. The monoisotopic (exact) mass is 525 g/mol. The lowest BCUT2D eigenvalue weighted by Crippen LogP contribution is -2.32. The summed E-state index contributed by atoms with van der Waals surface area (Å²) >= 11 is 9.54. The second-order valence-electron chi connectivity index (χ2n) is 8.16. The van der Waals surface area contributed by atoms with E-state index in [1.54, 1.807) is 11.8 Å². The third kappa shape index (κ3) is 5.94. The Bertz CT molecular complexity index is 1280. The lowest BCUT2D eigenvalue weighted by atomic mass is 10.2. The second-order valence-corrected chi connectivity index (χ2v) is 10.5. The number of thioether (sulfide) groups is 1. The van der Waals surface area contributed by atoms with Crippen LogP contribution < -0.4 is 0 Å². The molecule has 0 bridgehead atoms. The van der Waals surface area contributed by atoms with E-state index in [0.717, 1.165) is 47.3 Å². The van der Waals surface area contributed by atoms with Gasteiger partial charge in [-0.1, -0.05) is 67.0 Å². The average Bonchev–Trinajstić information content (AvgIpc) is 3.50. The maximum Gasteiger partial charge on any atom is 0.273 e. The highest BCUT2D eigenvalue weighted by Gasteiger charge is 2.20. The van der Waals surface area contributed by atoms with Crippen LogP contribution in [0.25, 0.3) is 17.1 Å². The molecule has 2 heterocycles. The molecule has 0 unspecified atom stereocenters. The predicted octanol–water partition coefficient (Wildman–Crippen LogP) is 6.91. The zero-order valence-corrected chi connectivity index (χ0v) is 22.5. The van der Waals surface area contributed by atoms with E-state index in [1.807, 2.05) is 39.1 Å². The number of halogens is 1. The van der Waals surface area contributed by atoms with Gasteiger partial charge in [0.05, 0.1) is 10.8 Å². The van der Waals surface area contributed by atoms with Gasteiger partial charge in [0.1, 0.15) is 10.7 Å². The van der Waals surface area contributed by atoms with Gasteiger partial charge in [-0.3, -0.25) is 9.36 Å². The van der Waals surface area contributed by atoms with Crippen molar-refractivity contribution in [3.05, 3.63) is 75.2 Å². The van der Waals surface area contributed by atoms with Gasteiger partial charge in [0.25, 0.3) is 5.91 Å². The van der Waals surface area contributed by atoms with E-state index in [4.69, 9.17) is 11.6 Å². The van der Waals surface area contributed by atoms with Gasteiger partial charge in [0.2, 0.25) is 0 Å². The van der Waals surface area contributed by atoms with Gasteiger partial charge in [-0.25, -0.2) is 4.98 Å². The Kier molecular flexibility index (Phi) is 8.59. The molecule has 4 aromatic rings. The first kappa shape index (κ1) is 25.4. The molecule has 182 valence electrons. The average molecular weight is 526 g/mol. The van der Waals surface area contributed by atoms with Gasteiger partial charge >= 0.3 is 0 Å². The fraction of sp³-hybridized carbons (Fsp3) is 0.308. The molecule has 0 saturated heterocycles. The van der Waals surface area contributed by atoms with Crippen LogP contribution in [0.1, 0.15) is 47.7 Å². The van der Waals surface area contributed by atoms with Crippen LogP contribution in [-0.4, -0.2) is 43.6 Å². The molecule has 0 fully saturated rings. The third-order valence-electron chi connectivity index (χ3n) is 5.41. The molecule has 0 atom stereocenters. The van der Waals surface area contributed by atoms with E-state index in [2.05, 4.69) is 60.2 Å². The summed E-state index contributed by atoms with van der Waals surface area (Å²) < 4.78 is 2.02. The predicted molar refractivity (Wildman–Crippen MR) is 145 cm³/mol. The van der Waals surface area contributed by atoms with E-state index in [1.165, 1.54) is 16.9 Å². The Morgan fingerprint density at radius 1 is 1.06 bits per heavy atom. The molecular formula is C26H28ClN5OS2. The molecule has 0 aliphatic heterocycles. The summed E-state index contributed by atoms with van der Waals surface area (Å²) in [6.07, 6.45) is 1.86. The standard InChI is InChI=1S/C26H28ClN5OS2/c1-4-14-31(15-5-2)25(33)22-16-34-23(28-22)17-35-26-30-29-24(20-8-6-7-9-21(20)27)32(26)19-12-10-18(3)11-13-19/h6-13,16H,4-5,14-15,17H2,1-3H3. The maximum atomic E-state index is 12.9. The van der Waals surface area contributed by atoms with Crippen molar-refractivity contribution in [2.75, 3.05) is 13.1 Å². The summed E-state index contributed by atoms with van der Waals surface area (Å²) in [4.78, 5) is 19.4. The van der Waals surface area contributed by atoms with Crippen LogP contribution in [0.4, 0.5) is 0 Å². The summed E-state index contributed by atoms with van der Waals surface area (Å²) in [6.45, 7) is 7.72. The van der Waals surface area contributed by atoms with E-state index < -0.39 is 0 Å². The van der Waals surface area contributed by atoms with Crippen molar-refractivity contribution in [1.29, 1.82) is 0 Å². The maximum absolute atomic E-state index is 12.9. The van der Waals surface area contributed by atoms with Crippen molar-refractivity contribution >= 4 is 40.6 Å². The number of carbonyl (C=O) groups is 1. The molecule has 35 heavy (non-hydrogen) atoms. The minimum absolute atomic E-state index is 0.00466. The summed E-state index contributed by atoms with van der Waals surface area (Å²) in [6, 6.07) is 15.9. The van der Waals surface area contributed by atoms with Crippen LogP contribution in [-0.2, 0) is 5.75 Å². The number of thiazole rings is 1. The lowest BCUT2D eigenvalue weighted by molar-refractivity contribution is 0.0750. The number of amides is 1. The highest BCUT2D eigenvalue weighted by atomic mass is 35.5. The van der Waals surface area contributed by atoms with Crippen molar-refractivity contribution in [2.24, 2.45) is 0 Å². The molecule has 0 N–H and O–H groups in total. The summed E-state index contributed by atoms with van der Waals surface area (Å²) in [5.41, 5.74) is 3.48. The molecule has 0 aliphatic rings. The Morgan fingerprint density at radius 2 is 1.77 bits per heavy atom. The number of hydrogen-bond donors (Lipinski definition) is 0. The highest BCUT2D eigenvalue weighted by molar-refractivity contribution is 7.98. The van der Waals surface area contributed by atoms with Gasteiger partial charge in [-0.15, -0.1) is 21.5 Å². The number of benzene rings is 2. The van der Waals surface area contributed by atoms with Crippen LogP contribution in [0.5, 0.6) is 0 Å². The van der Waals surface area contributed by atoms with Gasteiger partial charge in [0.15, 0.2) is 11.0 Å². The van der Waals surface area contributed by atoms with Gasteiger partial charge in [0, 0.05) is 29.7 Å². The van der Waals surface area contributed by atoms with E-state index in [0.29, 0.717) is 22.3 Å². The molecular weight excluding hydrogens is 498 g/mol. The Hall–Kier alpha value is -2.68. The molecule has 6 nitrogen and oxygen atoms in total. The molecule has 0 saturated carbocycles. The van der Waals surface area contributed by atoms with Crippen molar-refractivity contribution < 1.29 is 4.79 Å². The highest BCUT2D eigenvalue weighted by Crippen LogP contribution is 2.33. The molecule has 0 radical (unpaired) electrons. The van der Waals surface area contributed by atoms with Gasteiger partial charge < -0.3 is 4.90 Å². The largest absolute Gasteiger partial charge is 0.337 e. The first-order chi connectivity index (χ1) is 17.0. The first-order valence-electron chi connectivity index (χ1n) is 11.7. The number of aromatic nitrogens is 4. The van der Waals surface area contributed by atoms with Crippen LogP contribution >= 0.6 is 34.7 Å². The number of rotatable bonds is 10. The molecule has 2 aromatic carbocycles. The number of nitrogens with zero attached hydrogens (tertiary/aromatic N) is 5. The van der Waals surface area contributed by atoms with E-state index in [9.17, 15) is 4.79 Å². The summed E-state index contributed by atoms with van der Waals surface area (Å²) in [7, 11) is 0. The number of hydrogen-bond acceptors (Lipinski definition) is 6. The topological polar surface area (TPSA) is 63.9 Å². The third-order valence-corrected chi connectivity index (χ3v) is 7.71. The normalized spacial score (nSPS) is 11.1. The van der Waals surface area contributed by atoms with Crippen LogP contribution in [0, 0.1) is 6.92 Å². The lowest BCUT2D eigenvalue weighted by Gasteiger charge is -2.20. The number of aryl methyl sites for hydroxylation is 1. The SMILES string of the molecule is CCCN(CCC)C(=O)c1csc(CSc2nnc(-c3ccccc3Cl)n2-c2ccc(C)cc2)n1. The van der Waals surface area contributed by atoms with Crippen molar-refractivity contribution in [1.82, 2.24) is 24.6 Å². The molecule has 0 aliphatic carbocycles.